The highest BCUT2D eigenvalue weighted by Crippen LogP contribution is 2.23. The Balaban J connectivity index is 1.43. The van der Waals surface area contributed by atoms with Gasteiger partial charge in [0.1, 0.15) is 12.4 Å². The molecule has 0 amide bonds. The Hall–Kier alpha value is -0.800. The summed E-state index contributed by atoms with van der Waals surface area (Å²) in [6.45, 7) is 3.44. The molecule has 1 saturated carbocycles. The second kappa shape index (κ2) is 6.71. The summed E-state index contributed by atoms with van der Waals surface area (Å²) in [5.74, 6) is 1.81. The molecular weight excluding hydrogens is 202 g/mol. The molecule has 16 heavy (non-hydrogen) atoms. The van der Waals surface area contributed by atoms with Crippen molar-refractivity contribution in [1.82, 2.24) is 5.32 Å². The van der Waals surface area contributed by atoms with Gasteiger partial charge in [-0.05, 0) is 37.4 Å². The minimum absolute atomic E-state index is 0.581. The van der Waals surface area contributed by atoms with Crippen molar-refractivity contribution in [2.45, 2.75) is 32.3 Å². The summed E-state index contributed by atoms with van der Waals surface area (Å²) in [6.07, 6.45) is 7.32. The van der Waals surface area contributed by atoms with Crippen molar-refractivity contribution < 1.29 is 9.15 Å². The molecule has 1 aliphatic carbocycles. The molecule has 0 aromatic carbocycles. The van der Waals surface area contributed by atoms with Gasteiger partial charge in [-0.25, -0.2) is 0 Å². The number of furan rings is 1. The van der Waals surface area contributed by atoms with Crippen LogP contribution in [0.15, 0.2) is 22.8 Å². The Morgan fingerprint density at radius 3 is 3.00 bits per heavy atom. The molecular formula is C13H21NO2. The highest BCUT2D eigenvalue weighted by atomic mass is 16.5. The lowest BCUT2D eigenvalue weighted by Crippen LogP contribution is -2.25. The largest absolute Gasteiger partial charge is 0.467 e. The predicted molar refractivity (Wildman–Crippen MR) is 63.2 cm³/mol. The Morgan fingerprint density at radius 2 is 2.25 bits per heavy atom. The summed E-state index contributed by atoms with van der Waals surface area (Å²) in [5, 5.41) is 3.45. The molecule has 1 aromatic heterocycles. The highest BCUT2D eigenvalue weighted by Gasteiger charge is 2.13. The smallest absolute Gasteiger partial charge is 0.129 e. The summed E-state index contributed by atoms with van der Waals surface area (Å²) in [5.41, 5.74) is 0. The van der Waals surface area contributed by atoms with Gasteiger partial charge in [0.2, 0.25) is 0 Å². The van der Waals surface area contributed by atoms with E-state index in [-0.39, 0.29) is 0 Å². The zero-order chi connectivity index (χ0) is 11.1. The third kappa shape index (κ3) is 3.99. The molecule has 0 bridgehead atoms. The van der Waals surface area contributed by atoms with Crippen molar-refractivity contribution in [3.05, 3.63) is 24.2 Å². The second-order valence-corrected chi connectivity index (χ2v) is 4.49. The van der Waals surface area contributed by atoms with Gasteiger partial charge in [-0.15, -0.1) is 0 Å². The topological polar surface area (TPSA) is 34.4 Å². The first-order valence-electron chi connectivity index (χ1n) is 6.26. The standard InChI is InChI=1S/C13H21NO2/c1-2-5-12(4-1)10-14-7-9-15-11-13-6-3-8-16-13/h3,6,8,12,14H,1-2,4-5,7,9-11H2. The number of ether oxygens (including phenoxy) is 1. The third-order valence-electron chi connectivity index (χ3n) is 3.16. The quantitative estimate of drug-likeness (QED) is 0.721. The molecule has 3 heteroatoms. The van der Waals surface area contributed by atoms with Crippen LogP contribution in [-0.4, -0.2) is 19.7 Å². The van der Waals surface area contributed by atoms with Crippen molar-refractivity contribution in [3.8, 4) is 0 Å². The zero-order valence-electron chi connectivity index (χ0n) is 9.78. The van der Waals surface area contributed by atoms with Crippen LogP contribution in [0.4, 0.5) is 0 Å². The predicted octanol–water partition coefficient (Wildman–Crippen LogP) is 2.58. The van der Waals surface area contributed by atoms with Gasteiger partial charge >= 0.3 is 0 Å². The van der Waals surface area contributed by atoms with E-state index in [9.17, 15) is 0 Å². The maximum absolute atomic E-state index is 5.49. The lowest BCUT2D eigenvalue weighted by molar-refractivity contribution is 0.107. The molecule has 1 aromatic rings. The fourth-order valence-corrected chi connectivity index (χ4v) is 2.23. The maximum atomic E-state index is 5.49. The molecule has 90 valence electrons. The SMILES string of the molecule is c1coc(COCCNCC2CCCC2)c1. The summed E-state index contributed by atoms with van der Waals surface area (Å²) in [4.78, 5) is 0. The van der Waals surface area contributed by atoms with Crippen LogP contribution in [0.1, 0.15) is 31.4 Å². The van der Waals surface area contributed by atoms with E-state index in [1.807, 2.05) is 12.1 Å². The number of hydrogen-bond acceptors (Lipinski definition) is 3. The molecule has 0 aliphatic heterocycles. The van der Waals surface area contributed by atoms with E-state index < -0.39 is 0 Å². The van der Waals surface area contributed by atoms with Gasteiger partial charge in [-0.3, -0.25) is 0 Å². The Kier molecular flexibility index (Phi) is 4.90. The molecule has 3 nitrogen and oxygen atoms in total. The average molecular weight is 223 g/mol. The van der Waals surface area contributed by atoms with Gasteiger partial charge in [0, 0.05) is 6.54 Å². The van der Waals surface area contributed by atoms with Gasteiger partial charge in [0.25, 0.3) is 0 Å². The van der Waals surface area contributed by atoms with Gasteiger partial charge in [-0.1, -0.05) is 12.8 Å². The summed E-state index contributed by atoms with van der Waals surface area (Å²) in [6, 6.07) is 3.82. The van der Waals surface area contributed by atoms with Gasteiger partial charge in [-0.2, -0.15) is 0 Å². The van der Waals surface area contributed by atoms with E-state index in [1.165, 1.54) is 25.7 Å². The molecule has 1 aliphatic rings. The maximum Gasteiger partial charge on any atom is 0.129 e. The van der Waals surface area contributed by atoms with Gasteiger partial charge in [0.05, 0.1) is 12.9 Å². The molecule has 0 unspecified atom stereocenters. The van der Waals surface area contributed by atoms with Crippen LogP contribution < -0.4 is 5.32 Å². The van der Waals surface area contributed by atoms with E-state index in [0.29, 0.717) is 6.61 Å². The third-order valence-corrected chi connectivity index (χ3v) is 3.16. The van der Waals surface area contributed by atoms with Gasteiger partial charge < -0.3 is 14.5 Å². The Bertz CT molecular complexity index is 265. The average Bonchev–Trinajstić information content (AvgIpc) is 2.96. The molecule has 1 heterocycles. The molecule has 0 spiro atoms. The summed E-state index contributed by atoms with van der Waals surface area (Å²) < 4.78 is 10.7. The first kappa shape index (κ1) is 11.7. The molecule has 1 fully saturated rings. The van der Waals surface area contributed by atoms with Crippen LogP contribution in [0, 0.1) is 5.92 Å². The number of rotatable bonds is 7. The van der Waals surface area contributed by atoms with Crippen molar-refractivity contribution in [3.63, 3.8) is 0 Å². The van der Waals surface area contributed by atoms with Gasteiger partial charge in [0.15, 0.2) is 0 Å². The van der Waals surface area contributed by atoms with E-state index in [0.717, 1.165) is 31.4 Å². The van der Waals surface area contributed by atoms with Crippen LogP contribution in [0.25, 0.3) is 0 Å². The molecule has 1 N–H and O–H groups in total. The summed E-state index contributed by atoms with van der Waals surface area (Å²) in [7, 11) is 0. The molecule has 0 atom stereocenters. The highest BCUT2D eigenvalue weighted by molar-refractivity contribution is 4.95. The van der Waals surface area contributed by atoms with Crippen molar-refractivity contribution in [1.29, 1.82) is 0 Å². The second-order valence-electron chi connectivity index (χ2n) is 4.49. The number of hydrogen-bond donors (Lipinski definition) is 1. The van der Waals surface area contributed by atoms with Crippen LogP contribution in [0.2, 0.25) is 0 Å². The zero-order valence-corrected chi connectivity index (χ0v) is 9.78. The molecule has 0 radical (unpaired) electrons. The van der Waals surface area contributed by atoms with E-state index in [1.54, 1.807) is 6.26 Å². The molecule has 0 saturated heterocycles. The normalized spacial score (nSPS) is 17.0. The fraction of sp³-hybridized carbons (Fsp3) is 0.692. The minimum atomic E-state index is 0.581. The first-order valence-corrected chi connectivity index (χ1v) is 6.26. The van der Waals surface area contributed by atoms with Crippen molar-refractivity contribution in [2.75, 3.05) is 19.7 Å². The van der Waals surface area contributed by atoms with Crippen LogP contribution in [-0.2, 0) is 11.3 Å². The Morgan fingerprint density at radius 1 is 1.38 bits per heavy atom. The number of nitrogens with one attached hydrogen (secondary N) is 1. The summed E-state index contributed by atoms with van der Waals surface area (Å²) >= 11 is 0. The van der Waals surface area contributed by atoms with Crippen LogP contribution in [0.5, 0.6) is 0 Å². The minimum Gasteiger partial charge on any atom is -0.467 e. The van der Waals surface area contributed by atoms with Crippen molar-refractivity contribution in [2.24, 2.45) is 5.92 Å². The van der Waals surface area contributed by atoms with Crippen molar-refractivity contribution >= 4 is 0 Å². The van der Waals surface area contributed by atoms with Crippen LogP contribution >= 0.6 is 0 Å². The Labute approximate surface area is 97.2 Å². The van der Waals surface area contributed by atoms with E-state index in [2.05, 4.69) is 5.32 Å². The fourth-order valence-electron chi connectivity index (χ4n) is 2.23. The lowest BCUT2D eigenvalue weighted by Gasteiger charge is -2.10. The van der Waals surface area contributed by atoms with E-state index in [4.69, 9.17) is 9.15 Å². The lowest BCUT2D eigenvalue weighted by atomic mass is 10.1. The van der Waals surface area contributed by atoms with E-state index >= 15 is 0 Å². The molecule has 2 rings (SSSR count). The first-order chi connectivity index (χ1) is 7.95. The monoisotopic (exact) mass is 223 g/mol. The van der Waals surface area contributed by atoms with Crippen LogP contribution in [0.3, 0.4) is 0 Å².